The maximum absolute atomic E-state index is 12.1. The molecule has 110 valence electrons. The van der Waals surface area contributed by atoms with Crippen LogP contribution in [0.2, 0.25) is 0 Å². The van der Waals surface area contributed by atoms with Gasteiger partial charge in [-0.05, 0) is 11.3 Å². The quantitative estimate of drug-likeness (QED) is 0.817. The second-order valence-electron chi connectivity index (χ2n) is 6.52. The van der Waals surface area contributed by atoms with Crippen molar-refractivity contribution >= 4 is 11.9 Å². The van der Waals surface area contributed by atoms with Gasteiger partial charge in [-0.3, -0.25) is 4.79 Å². The van der Waals surface area contributed by atoms with Crippen LogP contribution in [0.15, 0.2) is 0 Å². The fraction of sp³-hybridized carbons (Fsp3) is 0.857. The molecule has 1 rings (SSSR count). The minimum Gasteiger partial charge on any atom is -0.480 e. The Hall–Kier alpha value is -1.10. The van der Waals surface area contributed by atoms with Gasteiger partial charge in [0, 0.05) is 32.5 Å². The lowest BCUT2D eigenvalue weighted by Crippen LogP contribution is -2.57. The Bertz CT molecular complexity index is 340. The molecular weight excluding hydrogens is 246 g/mol. The van der Waals surface area contributed by atoms with Crippen LogP contribution in [0.5, 0.6) is 0 Å². The molecule has 5 nitrogen and oxygen atoms in total. The molecule has 0 aromatic carbocycles. The van der Waals surface area contributed by atoms with E-state index in [0.717, 1.165) is 0 Å². The summed E-state index contributed by atoms with van der Waals surface area (Å²) >= 11 is 0. The molecule has 1 unspecified atom stereocenters. The van der Waals surface area contributed by atoms with Gasteiger partial charge in [0.2, 0.25) is 5.91 Å². The van der Waals surface area contributed by atoms with E-state index in [1.165, 1.54) is 0 Å². The number of ether oxygens (including phenoxy) is 1. The largest absolute Gasteiger partial charge is 0.480 e. The lowest BCUT2D eigenvalue weighted by molar-refractivity contribution is -0.152. The van der Waals surface area contributed by atoms with E-state index >= 15 is 0 Å². The van der Waals surface area contributed by atoms with Crippen LogP contribution in [-0.2, 0) is 14.3 Å². The Morgan fingerprint density at radius 2 is 1.84 bits per heavy atom. The average molecular weight is 271 g/mol. The van der Waals surface area contributed by atoms with Gasteiger partial charge in [-0.25, -0.2) is 4.79 Å². The standard InChI is InChI=1S/C14H25NO4/c1-10(13(2,3)4)9-11(16)15-14(12(17)18)5-7-19-8-6-14/h10H,5-9H2,1-4H3,(H,15,16)(H,17,18). The number of amides is 1. The Morgan fingerprint density at radius 3 is 2.26 bits per heavy atom. The van der Waals surface area contributed by atoms with Crippen molar-refractivity contribution in [3.63, 3.8) is 0 Å². The van der Waals surface area contributed by atoms with Crippen LogP contribution in [0.4, 0.5) is 0 Å². The minimum atomic E-state index is -1.15. The summed E-state index contributed by atoms with van der Waals surface area (Å²) in [6.45, 7) is 8.99. The van der Waals surface area contributed by atoms with Crippen LogP contribution >= 0.6 is 0 Å². The highest BCUT2D eigenvalue weighted by molar-refractivity contribution is 5.87. The molecule has 1 atom stereocenters. The zero-order valence-corrected chi connectivity index (χ0v) is 12.3. The van der Waals surface area contributed by atoms with Crippen LogP contribution in [0.25, 0.3) is 0 Å². The maximum Gasteiger partial charge on any atom is 0.329 e. The molecule has 0 aromatic rings. The summed E-state index contributed by atoms with van der Waals surface area (Å²) < 4.78 is 5.18. The number of carbonyl (C=O) groups excluding carboxylic acids is 1. The van der Waals surface area contributed by atoms with Crippen molar-refractivity contribution in [2.75, 3.05) is 13.2 Å². The molecule has 5 heteroatoms. The lowest BCUT2D eigenvalue weighted by Gasteiger charge is -2.35. The van der Waals surface area contributed by atoms with Crippen LogP contribution < -0.4 is 5.32 Å². The van der Waals surface area contributed by atoms with Gasteiger partial charge in [-0.1, -0.05) is 27.7 Å². The number of carboxylic acids is 1. The molecule has 1 aliphatic heterocycles. The molecule has 1 heterocycles. The molecular formula is C14H25NO4. The van der Waals surface area contributed by atoms with Crippen LogP contribution in [-0.4, -0.2) is 35.7 Å². The fourth-order valence-electron chi connectivity index (χ4n) is 2.01. The molecule has 1 aliphatic rings. The highest BCUT2D eigenvalue weighted by Crippen LogP contribution is 2.29. The summed E-state index contributed by atoms with van der Waals surface area (Å²) in [5.41, 5.74) is -1.11. The highest BCUT2D eigenvalue weighted by Gasteiger charge is 2.41. The first-order chi connectivity index (χ1) is 8.67. The van der Waals surface area contributed by atoms with E-state index in [0.29, 0.717) is 32.5 Å². The van der Waals surface area contributed by atoms with Gasteiger partial charge in [-0.15, -0.1) is 0 Å². The summed E-state index contributed by atoms with van der Waals surface area (Å²) in [4.78, 5) is 23.5. The molecule has 1 saturated heterocycles. The van der Waals surface area contributed by atoms with Crippen molar-refractivity contribution in [1.29, 1.82) is 0 Å². The first kappa shape index (κ1) is 16.0. The number of carbonyl (C=O) groups is 2. The number of rotatable bonds is 4. The predicted octanol–water partition coefficient (Wildman–Crippen LogP) is 1.81. The van der Waals surface area contributed by atoms with Gasteiger partial charge in [0.1, 0.15) is 5.54 Å². The van der Waals surface area contributed by atoms with E-state index in [1.807, 2.05) is 6.92 Å². The average Bonchev–Trinajstić information content (AvgIpc) is 2.28. The Morgan fingerprint density at radius 1 is 1.32 bits per heavy atom. The monoisotopic (exact) mass is 271 g/mol. The van der Waals surface area contributed by atoms with Crippen molar-refractivity contribution in [2.45, 2.75) is 52.5 Å². The number of hydrogen-bond acceptors (Lipinski definition) is 3. The van der Waals surface area contributed by atoms with Crippen LogP contribution in [0, 0.1) is 11.3 Å². The number of hydrogen-bond donors (Lipinski definition) is 2. The van der Waals surface area contributed by atoms with Crippen molar-refractivity contribution < 1.29 is 19.4 Å². The predicted molar refractivity (Wildman–Crippen MR) is 71.8 cm³/mol. The molecule has 0 aromatic heterocycles. The highest BCUT2D eigenvalue weighted by atomic mass is 16.5. The van der Waals surface area contributed by atoms with Gasteiger partial charge >= 0.3 is 5.97 Å². The molecule has 0 bridgehead atoms. The zero-order chi connectivity index (χ0) is 14.7. The SMILES string of the molecule is CC(CC(=O)NC1(C(=O)O)CCOCC1)C(C)(C)C. The maximum atomic E-state index is 12.1. The zero-order valence-electron chi connectivity index (χ0n) is 12.3. The molecule has 1 fully saturated rings. The van der Waals surface area contributed by atoms with E-state index in [4.69, 9.17) is 4.74 Å². The summed E-state index contributed by atoms with van der Waals surface area (Å²) in [5.74, 6) is -0.961. The van der Waals surface area contributed by atoms with Crippen molar-refractivity contribution in [3.05, 3.63) is 0 Å². The van der Waals surface area contributed by atoms with Crippen LogP contribution in [0.1, 0.15) is 47.0 Å². The summed E-state index contributed by atoms with van der Waals surface area (Å²) in [6, 6.07) is 0. The van der Waals surface area contributed by atoms with E-state index in [1.54, 1.807) is 0 Å². The number of nitrogens with one attached hydrogen (secondary N) is 1. The second kappa shape index (κ2) is 5.90. The first-order valence-corrected chi connectivity index (χ1v) is 6.79. The van der Waals surface area contributed by atoms with Gasteiger partial charge in [-0.2, -0.15) is 0 Å². The second-order valence-corrected chi connectivity index (χ2v) is 6.52. The fourth-order valence-corrected chi connectivity index (χ4v) is 2.01. The minimum absolute atomic E-state index is 0.0312. The Kier molecular flexibility index (Phi) is 4.96. The summed E-state index contributed by atoms with van der Waals surface area (Å²) in [5, 5.41) is 12.1. The third-order valence-electron chi connectivity index (χ3n) is 4.10. The molecule has 0 aliphatic carbocycles. The van der Waals surface area contributed by atoms with Crippen molar-refractivity contribution in [1.82, 2.24) is 5.32 Å². The Balaban J connectivity index is 2.65. The van der Waals surface area contributed by atoms with Gasteiger partial charge in [0.15, 0.2) is 0 Å². The molecule has 0 saturated carbocycles. The molecule has 0 radical (unpaired) electrons. The smallest absolute Gasteiger partial charge is 0.329 e. The summed E-state index contributed by atoms with van der Waals surface area (Å²) in [7, 11) is 0. The molecule has 0 spiro atoms. The van der Waals surface area contributed by atoms with E-state index < -0.39 is 11.5 Å². The van der Waals surface area contributed by atoms with Gasteiger partial charge < -0.3 is 15.2 Å². The van der Waals surface area contributed by atoms with Crippen molar-refractivity contribution in [3.8, 4) is 0 Å². The third-order valence-corrected chi connectivity index (χ3v) is 4.10. The Labute approximate surface area is 114 Å². The van der Waals surface area contributed by atoms with Gasteiger partial charge in [0.05, 0.1) is 0 Å². The molecule has 1 amide bonds. The van der Waals surface area contributed by atoms with Crippen LogP contribution in [0.3, 0.4) is 0 Å². The molecule has 19 heavy (non-hydrogen) atoms. The van der Waals surface area contributed by atoms with E-state index in [9.17, 15) is 14.7 Å². The van der Waals surface area contributed by atoms with Gasteiger partial charge in [0.25, 0.3) is 0 Å². The number of aliphatic carboxylic acids is 1. The number of carboxylic acid groups (broad SMARTS) is 1. The van der Waals surface area contributed by atoms with E-state index in [-0.39, 0.29) is 17.2 Å². The van der Waals surface area contributed by atoms with E-state index in [2.05, 4.69) is 26.1 Å². The lowest BCUT2D eigenvalue weighted by atomic mass is 9.79. The normalized spacial score (nSPS) is 20.6. The topological polar surface area (TPSA) is 75.6 Å². The van der Waals surface area contributed by atoms with Crippen molar-refractivity contribution in [2.24, 2.45) is 11.3 Å². The first-order valence-electron chi connectivity index (χ1n) is 6.79. The third kappa shape index (κ3) is 4.20. The molecule has 2 N–H and O–H groups in total. The summed E-state index contributed by atoms with van der Waals surface area (Å²) in [6.07, 6.45) is 1.01.